The molecular weight excluding hydrogens is 310 g/mol. The van der Waals surface area contributed by atoms with Crippen molar-refractivity contribution in [2.75, 3.05) is 0 Å². The molecule has 1 aromatic heterocycles. The summed E-state index contributed by atoms with van der Waals surface area (Å²) >= 11 is 0. The number of non-ortho nitro benzene ring substituents is 1. The minimum Gasteiger partial charge on any atom is -0.267 e. The van der Waals surface area contributed by atoms with Crippen molar-refractivity contribution in [1.29, 1.82) is 0 Å². The van der Waals surface area contributed by atoms with E-state index in [1.54, 1.807) is 30.3 Å². The van der Waals surface area contributed by atoms with E-state index in [-0.39, 0.29) is 5.69 Å². The summed E-state index contributed by atoms with van der Waals surface area (Å²) in [5, 5.41) is 21.7. The van der Waals surface area contributed by atoms with E-state index in [0.29, 0.717) is 11.4 Å². The molecule has 3 aromatic rings. The SMILES string of the molecule is O=C(/C=C/c1ccc([N+](=O)[O-])cc1)n1nnnc1-c1ccccc1. The average molecular weight is 321 g/mol. The number of nitro benzene ring substituents is 1. The monoisotopic (exact) mass is 321 g/mol. The quantitative estimate of drug-likeness (QED) is 0.316. The summed E-state index contributed by atoms with van der Waals surface area (Å²) in [6, 6.07) is 15.0. The highest BCUT2D eigenvalue weighted by atomic mass is 16.6. The Balaban J connectivity index is 1.81. The molecule has 8 heteroatoms. The summed E-state index contributed by atoms with van der Waals surface area (Å²) in [7, 11) is 0. The first-order valence-corrected chi connectivity index (χ1v) is 6.96. The molecule has 0 aliphatic heterocycles. The van der Waals surface area contributed by atoms with Crippen LogP contribution in [0.4, 0.5) is 5.69 Å². The highest BCUT2D eigenvalue weighted by Crippen LogP contribution is 2.15. The second-order valence-corrected chi connectivity index (χ2v) is 4.80. The molecule has 0 atom stereocenters. The fourth-order valence-corrected chi connectivity index (χ4v) is 2.05. The van der Waals surface area contributed by atoms with Gasteiger partial charge in [0.25, 0.3) is 11.6 Å². The summed E-state index contributed by atoms with van der Waals surface area (Å²) in [5.41, 5.74) is 1.37. The Kier molecular flexibility index (Phi) is 4.19. The minimum atomic E-state index is -0.480. The molecule has 118 valence electrons. The van der Waals surface area contributed by atoms with Crippen molar-refractivity contribution in [3.05, 3.63) is 76.4 Å². The van der Waals surface area contributed by atoms with Gasteiger partial charge >= 0.3 is 0 Å². The molecule has 0 saturated heterocycles. The molecule has 0 unspecified atom stereocenters. The molecule has 0 N–H and O–H groups in total. The number of allylic oxidation sites excluding steroid dienone is 1. The topological polar surface area (TPSA) is 104 Å². The van der Waals surface area contributed by atoms with E-state index in [0.717, 1.165) is 10.2 Å². The van der Waals surface area contributed by atoms with Gasteiger partial charge in [-0.05, 0) is 34.2 Å². The first-order valence-electron chi connectivity index (χ1n) is 6.96. The number of tetrazole rings is 1. The molecule has 0 aliphatic rings. The largest absolute Gasteiger partial charge is 0.274 e. The standard InChI is InChI=1S/C16H11N5O3/c22-15(11-8-12-6-9-14(10-7-12)21(23)24)20-16(17-18-19-20)13-4-2-1-3-5-13/h1-11H/b11-8+. The molecule has 0 saturated carbocycles. The summed E-state index contributed by atoms with van der Waals surface area (Å²) < 4.78 is 1.09. The maximum Gasteiger partial charge on any atom is 0.274 e. The van der Waals surface area contributed by atoms with E-state index in [4.69, 9.17) is 0 Å². The van der Waals surface area contributed by atoms with E-state index < -0.39 is 10.8 Å². The van der Waals surface area contributed by atoms with Crippen molar-refractivity contribution in [3.63, 3.8) is 0 Å². The Labute approximate surface area is 136 Å². The van der Waals surface area contributed by atoms with Crippen LogP contribution in [0.1, 0.15) is 10.4 Å². The lowest BCUT2D eigenvalue weighted by molar-refractivity contribution is -0.384. The number of carbonyl (C=O) groups is 1. The molecule has 0 spiro atoms. The van der Waals surface area contributed by atoms with Gasteiger partial charge in [0.1, 0.15) is 0 Å². The maximum atomic E-state index is 12.3. The van der Waals surface area contributed by atoms with E-state index in [1.165, 1.54) is 18.2 Å². The van der Waals surface area contributed by atoms with E-state index in [2.05, 4.69) is 15.5 Å². The Morgan fingerprint density at radius 1 is 1.08 bits per heavy atom. The van der Waals surface area contributed by atoms with Crippen molar-refractivity contribution in [2.45, 2.75) is 0 Å². The van der Waals surface area contributed by atoms with Crippen LogP contribution in [0, 0.1) is 10.1 Å². The Bertz CT molecular complexity index is 901. The third-order valence-corrected chi connectivity index (χ3v) is 3.23. The summed E-state index contributed by atoms with van der Waals surface area (Å²) in [4.78, 5) is 22.4. The van der Waals surface area contributed by atoms with Crippen LogP contribution in [0.2, 0.25) is 0 Å². The number of nitrogens with zero attached hydrogens (tertiary/aromatic N) is 5. The van der Waals surface area contributed by atoms with Crippen molar-refractivity contribution < 1.29 is 9.72 Å². The molecule has 3 rings (SSSR count). The van der Waals surface area contributed by atoms with Crippen LogP contribution < -0.4 is 0 Å². The number of carbonyl (C=O) groups excluding carboxylic acids is 1. The fourth-order valence-electron chi connectivity index (χ4n) is 2.05. The number of nitro groups is 1. The van der Waals surface area contributed by atoms with Gasteiger partial charge in [-0.25, -0.2) is 0 Å². The lowest BCUT2D eigenvalue weighted by atomic mass is 10.2. The third-order valence-electron chi connectivity index (χ3n) is 3.23. The highest BCUT2D eigenvalue weighted by Gasteiger charge is 2.13. The molecule has 24 heavy (non-hydrogen) atoms. The van der Waals surface area contributed by atoms with E-state index in [1.807, 2.05) is 18.2 Å². The highest BCUT2D eigenvalue weighted by molar-refractivity contribution is 5.94. The second kappa shape index (κ2) is 6.61. The lowest BCUT2D eigenvalue weighted by Crippen LogP contribution is -2.11. The van der Waals surface area contributed by atoms with Crippen LogP contribution in [0.3, 0.4) is 0 Å². The maximum absolute atomic E-state index is 12.3. The number of benzene rings is 2. The zero-order valence-electron chi connectivity index (χ0n) is 12.3. The molecule has 0 amide bonds. The van der Waals surface area contributed by atoms with Crippen molar-refractivity contribution in [2.24, 2.45) is 0 Å². The second-order valence-electron chi connectivity index (χ2n) is 4.80. The summed E-state index contributed by atoms with van der Waals surface area (Å²) in [6.45, 7) is 0. The number of hydrogen-bond donors (Lipinski definition) is 0. The molecule has 0 aliphatic carbocycles. The van der Waals surface area contributed by atoms with Crippen molar-refractivity contribution >= 4 is 17.7 Å². The predicted octanol–water partition coefficient (Wildman–Crippen LogP) is 2.60. The Hall–Kier alpha value is -3.68. The molecule has 1 heterocycles. The van der Waals surface area contributed by atoms with E-state index in [9.17, 15) is 14.9 Å². The summed E-state index contributed by atoms with van der Waals surface area (Å²) in [5.74, 6) is -0.0776. The molecule has 0 radical (unpaired) electrons. The Morgan fingerprint density at radius 3 is 2.46 bits per heavy atom. The number of hydrogen-bond acceptors (Lipinski definition) is 6. The number of rotatable bonds is 4. The molecular formula is C16H11N5O3. The van der Waals surface area contributed by atoms with Crippen molar-refractivity contribution in [1.82, 2.24) is 20.2 Å². The van der Waals surface area contributed by atoms with E-state index >= 15 is 0 Å². The van der Waals surface area contributed by atoms with Crippen molar-refractivity contribution in [3.8, 4) is 11.4 Å². The smallest absolute Gasteiger partial charge is 0.267 e. The fraction of sp³-hybridized carbons (Fsp3) is 0. The van der Waals surface area contributed by atoms with Crippen LogP contribution in [-0.4, -0.2) is 31.0 Å². The van der Waals surface area contributed by atoms with Gasteiger partial charge in [0, 0.05) is 23.8 Å². The van der Waals surface area contributed by atoms with Gasteiger partial charge in [-0.3, -0.25) is 14.9 Å². The predicted molar refractivity (Wildman–Crippen MR) is 86.0 cm³/mol. The zero-order valence-corrected chi connectivity index (χ0v) is 12.3. The molecule has 2 aromatic carbocycles. The average Bonchev–Trinajstić information content (AvgIpc) is 3.10. The van der Waals surface area contributed by atoms with Crippen LogP contribution in [0.15, 0.2) is 60.7 Å². The zero-order chi connectivity index (χ0) is 16.9. The van der Waals surface area contributed by atoms with Gasteiger partial charge in [0.05, 0.1) is 4.92 Å². The molecule has 0 fully saturated rings. The van der Waals surface area contributed by atoms with Crippen LogP contribution in [-0.2, 0) is 0 Å². The van der Waals surface area contributed by atoms with Crippen LogP contribution in [0.5, 0.6) is 0 Å². The van der Waals surface area contributed by atoms with Gasteiger partial charge < -0.3 is 0 Å². The molecule has 8 nitrogen and oxygen atoms in total. The lowest BCUT2D eigenvalue weighted by Gasteiger charge is -2.00. The normalized spacial score (nSPS) is 10.8. The minimum absolute atomic E-state index is 0.00897. The van der Waals surface area contributed by atoms with Gasteiger partial charge in [0.15, 0.2) is 5.82 Å². The van der Waals surface area contributed by atoms with Gasteiger partial charge in [-0.1, -0.05) is 30.3 Å². The van der Waals surface area contributed by atoms with Crippen LogP contribution >= 0.6 is 0 Å². The van der Waals surface area contributed by atoms with Crippen LogP contribution in [0.25, 0.3) is 17.5 Å². The first-order chi connectivity index (χ1) is 11.6. The van der Waals surface area contributed by atoms with Gasteiger partial charge in [-0.2, -0.15) is 4.68 Å². The van der Waals surface area contributed by atoms with Gasteiger partial charge in [0.2, 0.25) is 0 Å². The van der Waals surface area contributed by atoms with Gasteiger partial charge in [-0.15, -0.1) is 5.10 Å². The third kappa shape index (κ3) is 3.22. The number of aromatic nitrogens is 4. The Morgan fingerprint density at radius 2 is 1.79 bits per heavy atom. The molecule has 0 bridgehead atoms. The summed E-state index contributed by atoms with van der Waals surface area (Å²) in [6.07, 6.45) is 2.85. The first kappa shape index (κ1) is 15.2.